The Labute approximate surface area is 161 Å². The number of H-pyrrole nitrogens is 1. The van der Waals surface area contributed by atoms with Crippen LogP contribution in [-0.4, -0.2) is 27.8 Å². The van der Waals surface area contributed by atoms with Crippen molar-refractivity contribution in [3.63, 3.8) is 0 Å². The number of rotatable bonds is 4. The molecule has 2 aliphatic rings. The molecule has 0 spiro atoms. The highest BCUT2D eigenvalue weighted by Crippen LogP contribution is 2.50. The summed E-state index contributed by atoms with van der Waals surface area (Å²) >= 11 is 1.06. The Morgan fingerprint density at radius 3 is 2.86 bits per heavy atom. The van der Waals surface area contributed by atoms with Crippen LogP contribution in [-0.2, 0) is 12.8 Å². The van der Waals surface area contributed by atoms with Crippen molar-refractivity contribution in [2.24, 2.45) is 5.73 Å². The minimum atomic E-state index is -0.570. The number of primary amides is 1. The Morgan fingerprint density at radius 2 is 2.11 bits per heavy atom. The fourth-order valence-corrected chi connectivity index (χ4v) is 4.49. The summed E-state index contributed by atoms with van der Waals surface area (Å²) in [6.07, 6.45) is 3.02. The number of hydrogen-bond acceptors (Lipinski definition) is 8. The zero-order valence-electron chi connectivity index (χ0n) is 14.2. The molecule has 0 saturated carbocycles. The Morgan fingerprint density at radius 1 is 1.32 bits per heavy atom. The van der Waals surface area contributed by atoms with Crippen LogP contribution in [0, 0.1) is 10.1 Å². The van der Waals surface area contributed by atoms with Crippen molar-refractivity contribution in [2.75, 3.05) is 6.79 Å². The first kappa shape index (κ1) is 16.6. The number of carbonyl (C=O) groups is 1. The van der Waals surface area contributed by atoms with Crippen molar-refractivity contribution in [2.45, 2.75) is 12.8 Å². The minimum absolute atomic E-state index is 0.0130. The van der Waals surface area contributed by atoms with Gasteiger partial charge in [0.1, 0.15) is 0 Å². The molecule has 2 aromatic heterocycles. The van der Waals surface area contributed by atoms with E-state index >= 15 is 0 Å². The summed E-state index contributed by atoms with van der Waals surface area (Å²) in [4.78, 5) is 23.2. The molecule has 1 aliphatic heterocycles. The summed E-state index contributed by atoms with van der Waals surface area (Å²) in [5.41, 5.74) is 8.38. The van der Waals surface area contributed by atoms with Gasteiger partial charge in [-0.2, -0.15) is 5.10 Å². The second kappa shape index (κ2) is 5.96. The molecule has 10 nitrogen and oxygen atoms in total. The van der Waals surface area contributed by atoms with E-state index in [9.17, 15) is 14.9 Å². The maximum absolute atomic E-state index is 11.9. The highest BCUT2D eigenvalue weighted by atomic mass is 32.1. The number of aromatic amines is 1. The lowest BCUT2D eigenvalue weighted by Crippen LogP contribution is -2.13. The number of benzene rings is 1. The Balaban J connectivity index is 1.67. The van der Waals surface area contributed by atoms with Gasteiger partial charge in [-0.3, -0.25) is 20.0 Å². The number of aryl methyl sites for hydroxylation is 1. The van der Waals surface area contributed by atoms with Crippen LogP contribution in [0.4, 0.5) is 5.69 Å². The van der Waals surface area contributed by atoms with E-state index in [2.05, 4.69) is 10.2 Å². The fraction of sp³-hybridized carbons (Fsp3) is 0.176. The van der Waals surface area contributed by atoms with Gasteiger partial charge >= 0.3 is 5.69 Å². The number of nitrogens with zero attached hydrogens (tertiary/aromatic N) is 2. The standard InChI is InChI=1S/C17H12N4O6S/c18-16(22)15-8-2-1-7-5-19-20-14(7)13(8)17(28-15)27-10-4-12-11(25-6-26-12)3-9(10)21(23)24/h3-5H,1-2,6H2,(H2,18,22)(H,19,20). The van der Waals surface area contributed by atoms with Crippen LogP contribution in [0.1, 0.15) is 20.8 Å². The molecule has 0 atom stereocenters. The van der Waals surface area contributed by atoms with Crippen molar-refractivity contribution in [3.05, 3.63) is 44.4 Å². The normalized spacial score (nSPS) is 13.7. The molecule has 0 bridgehead atoms. The van der Waals surface area contributed by atoms with Gasteiger partial charge in [0, 0.05) is 6.07 Å². The van der Waals surface area contributed by atoms with Gasteiger partial charge in [0.05, 0.1) is 33.3 Å². The van der Waals surface area contributed by atoms with Crippen molar-refractivity contribution < 1.29 is 23.9 Å². The number of nitrogens with two attached hydrogens (primary N) is 1. The van der Waals surface area contributed by atoms with Gasteiger partial charge < -0.3 is 19.9 Å². The number of thiophene rings is 1. The third-order valence-corrected chi connectivity index (χ3v) is 5.79. The maximum Gasteiger partial charge on any atom is 0.315 e. The molecule has 0 saturated heterocycles. The Kier molecular flexibility index (Phi) is 3.52. The maximum atomic E-state index is 11.9. The molecular weight excluding hydrogens is 388 g/mol. The Bertz CT molecular complexity index is 1150. The van der Waals surface area contributed by atoms with Crippen LogP contribution in [0.15, 0.2) is 18.3 Å². The van der Waals surface area contributed by atoms with Gasteiger partial charge in [-0.15, -0.1) is 0 Å². The number of hydrogen-bond donors (Lipinski definition) is 2. The molecular formula is C17H12N4O6S. The Hall–Kier alpha value is -3.60. The SMILES string of the molecule is NC(=O)c1sc(Oc2cc3c(cc2[N+](=O)[O-])OCO3)c2c1CCc1cn[nH]c1-2. The van der Waals surface area contributed by atoms with Gasteiger partial charge in [-0.25, -0.2) is 0 Å². The van der Waals surface area contributed by atoms with Gasteiger partial charge in [-0.05, 0) is 24.0 Å². The highest BCUT2D eigenvalue weighted by molar-refractivity contribution is 7.16. The lowest BCUT2D eigenvalue weighted by molar-refractivity contribution is -0.385. The van der Waals surface area contributed by atoms with Crippen LogP contribution >= 0.6 is 11.3 Å². The summed E-state index contributed by atoms with van der Waals surface area (Å²) in [6.45, 7) is -0.0202. The lowest BCUT2D eigenvalue weighted by atomic mass is 9.92. The number of aromatic nitrogens is 2. The highest BCUT2D eigenvalue weighted by Gasteiger charge is 2.32. The van der Waals surface area contributed by atoms with E-state index in [1.807, 2.05) is 0 Å². The molecule has 3 heterocycles. The van der Waals surface area contributed by atoms with Crippen molar-refractivity contribution in [1.29, 1.82) is 0 Å². The smallest absolute Gasteiger partial charge is 0.315 e. The first-order valence-electron chi connectivity index (χ1n) is 8.27. The summed E-state index contributed by atoms with van der Waals surface area (Å²) in [5.74, 6) is 0.0459. The molecule has 1 aliphatic carbocycles. The number of nitro benzene ring substituents is 1. The van der Waals surface area contributed by atoms with Gasteiger partial charge in [0.25, 0.3) is 5.91 Å². The van der Waals surface area contributed by atoms with Crippen molar-refractivity contribution in [3.8, 4) is 33.6 Å². The van der Waals surface area contributed by atoms with Crippen LogP contribution in [0.3, 0.4) is 0 Å². The third kappa shape index (κ3) is 2.40. The van der Waals surface area contributed by atoms with E-state index < -0.39 is 10.8 Å². The zero-order valence-corrected chi connectivity index (χ0v) is 15.0. The van der Waals surface area contributed by atoms with Crippen molar-refractivity contribution >= 4 is 22.9 Å². The number of carbonyl (C=O) groups excluding carboxylic acids is 1. The van der Waals surface area contributed by atoms with Gasteiger partial charge in [0.2, 0.25) is 12.5 Å². The molecule has 1 aromatic carbocycles. The van der Waals surface area contributed by atoms with Crippen LogP contribution in [0.25, 0.3) is 11.3 Å². The van der Waals surface area contributed by atoms with Crippen molar-refractivity contribution in [1.82, 2.24) is 10.2 Å². The number of fused-ring (bicyclic) bond motifs is 4. The average molecular weight is 400 g/mol. The molecule has 3 N–H and O–H groups in total. The van der Waals surface area contributed by atoms with Crippen LogP contribution in [0.2, 0.25) is 0 Å². The second-order valence-electron chi connectivity index (χ2n) is 6.24. The minimum Gasteiger partial charge on any atom is -0.453 e. The molecule has 0 unspecified atom stereocenters. The van der Waals surface area contributed by atoms with E-state index in [0.29, 0.717) is 34.1 Å². The van der Waals surface area contributed by atoms with Crippen LogP contribution < -0.4 is 19.9 Å². The zero-order chi connectivity index (χ0) is 19.4. The predicted molar refractivity (Wildman–Crippen MR) is 97.1 cm³/mol. The number of amides is 1. The predicted octanol–water partition coefficient (Wildman–Crippen LogP) is 2.76. The second-order valence-corrected chi connectivity index (χ2v) is 7.22. The molecule has 1 amide bonds. The van der Waals surface area contributed by atoms with E-state index in [1.54, 1.807) is 6.20 Å². The van der Waals surface area contributed by atoms with E-state index in [0.717, 1.165) is 28.2 Å². The summed E-state index contributed by atoms with van der Waals surface area (Å²) in [6, 6.07) is 2.67. The summed E-state index contributed by atoms with van der Waals surface area (Å²) < 4.78 is 16.4. The van der Waals surface area contributed by atoms with E-state index in [1.165, 1.54) is 12.1 Å². The lowest BCUT2D eigenvalue weighted by Gasteiger charge is -2.14. The molecule has 0 radical (unpaired) electrons. The molecule has 3 aromatic rings. The number of nitrogens with one attached hydrogen (secondary N) is 1. The van der Waals surface area contributed by atoms with Crippen LogP contribution in [0.5, 0.6) is 22.3 Å². The topological polar surface area (TPSA) is 143 Å². The first-order chi connectivity index (χ1) is 13.5. The fourth-order valence-electron chi connectivity index (χ4n) is 3.42. The third-order valence-electron chi connectivity index (χ3n) is 4.66. The van der Waals surface area contributed by atoms with E-state index in [4.69, 9.17) is 19.9 Å². The number of nitro groups is 1. The molecule has 142 valence electrons. The van der Waals surface area contributed by atoms with Gasteiger partial charge in [-0.1, -0.05) is 11.3 Å². The summed E-state index contributed by atoms with van der Waals surface area (Å²) in [7, 11) is 0. The molecule has 5 rings (SSSR count). The quantitative estimate of drug-likeness (QED) is 0.506. The molecule has 0 fully saturated rings. The van der Waals surface area contributed by atoms with E-state index in [-0.39, 0.29) is 24.0 Å². The largest absolute Gasteiger partial charge is 0.453 e. The molecule has 11 heteroatoms. The average Bonchev–Trinajstić information content (AvgIpc) is 3.38. The number of ether oxygens (including phenoxy) is 3. The first-order valence-corrected chi connectivity index (χ1v) is 9.08. The monoisotopic (exact) mass is 400 g/mol. The van der Waals surface area contributed by atoms with Gasteiger partial charge in [0.15, 0.2) is 16.6 Å². The molecule has 28 heavy (non-hydrogen) atoms. The summed E-state index contributed by atoms with van der Waals surface area (Å²) in [5, 5.41) is 18.8.